The summed E-state index contributed by atoms with van der Waals surface area (Å²) >= 11 is 5.96. The zero-order valence-corrected chi connectivity index (χ0v) is 15.6. The molecule has 2 N–H and O–H groups in total. The molecule has 1 aliphatic rings. The number of nitrogens with one attached hydrogen (secondary N) is 2. The molecule has 3 nitrogen and oxygen atoms in total. The Balaban J connectivity index is 0.00000264. The smallest absolute Gasteiger partial charge is 0.220 e. The maximum Gasteiger partial charge on any atom is 0.220 e. The maximum absolute atomic E-state index is 12.3. The molecule has 0 aliphatic carbocycles. The van der Waals surface area contributed by atoms with E-state index in [0.29, 0.717) is 18.3 Å². The fraction of sp³-hybridized carbons (Fsp3) is 0.611. The number of benzene rings is 1. The molecule has 2 rings (SSSR count). The fourth-order valence-electron chi connectivity index (χ4n) is 3.01. The first-order valence-corrected chi connectivity index (χ1v) is 8.68. The molecule has 0 spiro atoms. The van der Waals surface area contributed by atoms with E-state index < -0.39 is 0 Å². The zero-order chi connectivity index (χ0) is 15.9. The third-order valence-electron chi connectivity index (χ3n) is 4.26. The third kappa shape index (κ3) is 7.11. The fourth-order valence-corrected chi connectivity index (χ4v) is 3.13. The Bertz CT molecular complexity index is 470. The minimum atomic E-state index is 0. The Labute approximate surface area is 151 Å². The van der Waals surface area contributed by atoms with E-state index in [4.69, 9.17) is 11.6 Å². The molecule has 130 valence electrons. The Morgan fingerprint density at radius 3 is 2.61 bits per heavy atom. The van der Waals surface area contributed by atoms with Crippen molar-refractivity contribution in [3.8, 4) is 0 Å². The lowest BCUT2D eigenvalue weighted by molar-refractivity contribution is -0.122. The molecule has 1 amide bonds. The second-order valence-electron chi connectivity index (χ2n) is 6.70. The van der Waals surface area contributed by atoms with Gasteiger partial charge in [0, 0.05) is 11.4 Å². The SMILES string of the molecule is CC(C)CC(NC(=O)CCC1CCNC1)c1ccc(Cl)cc1.Cl. The quantitative estimate of drug-likeness (QED) is 0.760. The minimum absolute atomic E-state index is 0. The van der Waals surface area contributed by atoms with Gasteiger partial charge in [0.2, 0.25) is 5.91 Å². The molecule has 5 heteroatoms. The van der Waals surface area contributed by atoms with Crippen LogP contribution in [0.15, 0.2) is 24.3 Å². The third-order valence-corrected chi connectivity index (χ3v) is 4.51. The lowest BCUT2D eigenvalue weighted by Crippen LogP contribution is -2.29. The number of rotatable bonds is 7. The van der Waals surface area contributed by atoms with Crippen LogP contribution in [0, 0.1) is 11.8 Å². The summed E-state index contributed by atoms with van der Waals surface area (Å²) in [6.45, 7) is 6.51. The van der Waals surface area contributed by atoms with Crippen molar-refractivity contribution in [3.05, 3.63) is 34.9 Å². The van der Waals surface area contributed by atoms with E-state index in [9.17, 15) is 4.79 Å². The molecule has 1 aromatic carbocycles. The highest BCUT2D eigenvalue weighted by Gasteiger charge is 2.19. The van der Waals surface area contributed by atoms with E-state index in [2.05, 4.69) is 24.5 Å². The number of amides is 1. The van der Waals surface area contributed by atoms with Crippen LogP contribution in [0.3, 0.4) is 0 Å². The molecular formula is C18H28Cl2N2O. The number of carbonyl (C=O) groups excluding carboxylic acids is 1. The van der Waals surface area contributed by atoms with Crippen molar-refractivity contribution in [3.63, 3.8) is 0 Å². The van der Waals surface area contributed by atoms with Crippen molar-refractivity contribution in [2.24, 2.45) is 11.8 Å². The lowest BCUT2D eigenvalue weighted by atomic mass is 9.96. The maximum atomic E-state index is 12.3. The predicted octanol–water partition coefficient (Wildman–Crippen LogP) is 4.35. The molecule has 0 saturated carbocycles. The van der Waals surface area contributed by atoms with Gasteiger partial charge in [0.05, 0.1) is 6.04 Å². The van der Waals surface area contributed by atoms with Gasteiger partial charge in [-0.1, -0.05) is 37.6 Å². The van der Waals surface area contributed by atoms with Crippen LogP contribution in [-0.4, -0.2) is 19.0 Å². The van der Waals surface area contributed by atoms with Crippen molar-refractivity contribution in [1.82, 2.24) is 10.6 Å². The topological polar surface area (TPSA) is 41.1 Å². The summed E-state index contributed by atoms with van der Waals surface area (Å²) in [5.74, 6) is 1.34. The van der Waals surface area contributed by atoms with Gasteiger partial charge in [-0.3, -0.25) is 4.79 Å². The summed E-state index contributed by atoms with van der Waals surface area (Å²) in [4.78, 5) is 12.3. The van der Waals surface area contributed by atoms with Crippen LogP contribution in [0.4, 0.5) is 0 Å². The monoisotopic (exact) mass is 358 g/mol. The Morgan fingerprint density at radius 2 is 2.04 bits per heavy atom. The zero-order valence-electron chi connectivity index (χ0n) is 14.0. The Morgan fingerprint density at radius 1 is 1.35 bits per heavy atom. The van der Waals surface area contributed by atoms with Crippen LogP contribution in [0.2, 0.25) is 5.02 Å². The summed E-state index contributed by atoms with van der Waals surface area (Å²) < 4.78 is 0. The number of hydrogen-bond donors (Lipinski definition) is 2. The van der Waals surface area contributed by atoms with E-state index in [1.165, 1.54) is 6.42 Å². The highest BCUT2D eigenvalue weighted by Crippen LogP contribution is 2.23. The van der Waals surface area contributed by atoms with Crippen LogP contribution < -0.4 is 10.6 Å². The van der Waals surface area contributed by atoms with Gasteiger partial charge in [-0.15, -0.1) is 12.4 Å². The van der Waals surface area contributed by atoms with Gasteiger partial charge in [-0.25, -0.2) is 0 Å². The van der Waals surface area contributed by atoms with Crippen molar-refractivity contribution in [2.45, 2.75) is 45.6 Å². The number of hydrogen-bond acceptors (Lipinski definition) is 2. The summed E-state index contributed by atoms with van der Waals surface area (Å²) in [5.41, 5.74) is 1.13. The average molecular weight is 359 g/mol. The summed E-state index contributed by atoms with van der Waals surface area (Å²) in [6.07, 6.45) is 3.74. The molecule has 1 aliphatic heterocycles. The second-order valence-corrected chi connectivity index (χ2v) is 7.14. The molecule has 0 radical (unpaired) electrons. The van der Waals surface area contributed by atoms with Crippen LogP contribution in [0.1, 0.15) is 51.1 Å². The summed E-state index contributed by atoms with van der Waals surface area (Å²) in [6, 6.07) is 7.88. The molecule has 0 bridgehead atoms. The van der Waals surface area contributed by atoms with E-state index in [0.717, 1.165) is 36.5 Å². The lowest BCUT2D eigenvalue weighted by Gasteiger charge is -2.21. The number of carbonyl (C=O) groups is 1. The van der Waals surface area contributed by atoms with E-state index >= 15 is 0 Å². The number of halogens is 2. The van der Waals surface area contributed by atoms with E-state index in [1.54, 1.807) is 0 Å². The van der Waals surface area contributed by atoms with Gasteiger partial charge >= 0.3 is 0 Å². The van der Waals surface area contributed by atoms with Crippen LogP contribution in [0.25, 0.3) is 0 Å². The van der Waals surface area contributed by atoms with Crippen LogP contribution in [0.5, 0.6) is 0 Å². The molecular weight excluding hydrogens is 331 g/mol. The standard InChI is InChI=1S/C18H27ClN2O.ClH/c1-13(2)11-17(15-4-6-16(19)7-5-15)21-18(22)8-3-14-9-10-20-12-14;/h4-7,13-14,17,20H,3,8-12H2,1-2H3,(H,21,22);1H. The average Bonchev–Trinajstić information content (AvgIpc) is 2.98. The van der Waals surface area contributed by atoms with Crippen molar-refractivity contribution in [1.29, 1.82) is 0 Å². The van der Waals surface area contributed by atoms with Crippen molar-refractivity contribution < 1.29 is 4.79 Å². The Hall–Kier alpha value is -0.770. The normalized spacial score (nSPS) is 18.5. The van der Waals surface area contributed by atoms with Crippen LogP contribution >= 0.6 is 24.0 Å². The molecule has 0 aromatic heterocycles. The molecule has 1 aromatic rings. The summed E-state index contributed by atoms with van der Waals surface area (Å²) in [5, 5.41) is 7.28. The first-order valence-electron chi connectivity index (χ1n) is 8.30. The molecule has 1 saturated heterocycles. The Kier molecular flexibility index (Phi) is 8.96. The van der Waals surface area contributed by atoms with Gasteiger partial charge in [0.15, 0.2) is 0 Å². The first kappa shape index (κ1) is 20.3. The van der Waals surface area contributed by atoms with Gasteiger partial charge in [0.1, 0.15) is 0 Å². The first-order chi connectivity index (χ1) is 10.5. The van der Waals surface area contributed by atoms with Crippen LogP contribution in [-0.2, 0) is 4.79 Å². The molecule has 2 unspecified atom stereocenters. The van der Waals surface area contributed by atoms with Gasteiger partial charge < -0.3 is 10.6 Å². The molecule has 23 heavy (non-hydrogen) atoms. The predicted molar refractivity (Wildman–Crippen MR) is 99.2 cm³/mol. The van der Waals surface area contributed by atoms with Gasteiger partial charge in [-0.05, 0) is 61.9 Å². The minimum Gasteiger partial charge on any atom is -0.349 e. The van der Waals surface area contributed by atoms with Gasteiger partial charge in [0.25, 0.3) is 0 Å². The van der Waals surface area contributed by atoms with Crippen molar-refractivity contribution >= 4 is 29.9 Å². The molecule has 1 heterocycles. The second kappa shape index (κ2) is 10.2. The summed E-state index contributed by atoms with van der Waals surface area (Å²) in [7, 11) is 0. The van der Waals surface area contributed by atoms with E-state index in [-0.39, 0.29) is 24.4 Å². The van der Waals surface area contributed by atoms with Gasteiger partial charge in [-0.2, -0.15) is 0 Å². The van der Waals surface area contributed by atoms with Crippen molar-refractivity contribution in [2.75, 3.05) is 13.1 Å². The largest absolute Gasteiger partial charge is 0.349 e. The van der Waals surface area contributed by atoms with E-state index in [1.807, 2.05) is 24.3 Å². The highest BCUT2D eigenvalue weighted by atomic mass is 35.5. The molecule has 1 fully saturated rings. The highest BCUT2D eigenvalue weighted by molar-refractivity contribution is 6.30. The molecule has 2 atom stereocenters.